The average molecular weight is 249 g/mol. The molecule has 90 valence electrons. The van der Waals surface area contributed by atoms with Gasteiger partial charge in [-0.15, -0.1) is 11.3 Å². The molecule has 1 atom stereocenters. The number of aromatic nitrogens is 1. The maximum Gasteiger partial charge on any atom is 0.335 e. The Morgan fingerprint density at radius 3 is 2.65 bits per heavy atom. The van der Waals surface area contributed by atoms with Gasteiger partial charge in [-0.1, -0.05) is 20.8 Å². The third-order valence-electron chi connectivity index (χ3n) is 3.04. The molecule has 0 saturated heterocycles. The fourth-order valence-electron chi connectivity index (χ4n) is 1.56. The third kappa shape index (κ3) is 2.31. The molecule has 2 rings (SSSR count). The van der Waals surface area contributed by atoms with Gasteiger partial charge in [0, 0.05) is 5.92 Å². The molecule has 4 heteroatoms. The highest BCUT2D eigenvalue weighted by Gasteiger charge is 2.15. The Kier molecular flexibility index (Phi) is 3.15. The molecule has 1 N–H and O–H groups in total. The minimum absolute atomic E-state index is 0.324. The number of fused-ring (bicyclic) bond motifs is 1. The van der Waals surface area contributed by atoms with Crippen LogP contribution in [0.15, 0.2) is 18.2 Å². The van der Waals surface area contributed by atoms with E-state index in [0.717, 1.165) is 15.2 Å². The molecular formula is C13H15NO2S. The van der Waals surface area contributed by atoms with Gasteiger partial charge in [-0.3, -0.25) is 0 Å². The summed E-state index contributed by atoms with van der Waals surface area (Å²) >= 11 is 1.59. The van der Waals surface area contributed by atoms with Crippen molar-refractivity contribution in [3.8, 4) is 0 Å². The van der Waals surface area contributed by atoms with E-state index in [9.17, 15) is 4.79 Å². The molecule has 1 heterocycles. The van der Waals surface area contributed by atoms with Crippen LogP contribution in [-0.4, -0.2) is 16.1 Å². The van der Waals surface area contributed by atoms with Crippen molar-refractivity contribution in [3.05, 3.63) is 28.8 Å². The lowest BCUT2D eigenvalue weighted by Gasteiger charge is -2.11. The van der Waals surface area contributed by atoms with E-state index in [1.807, 2.05) is 0 Å². The minimum atomic E-state index is -0.890. The Hall–Kier alpha value is -1.42. The van der Waals surface area contributed by atoms with Crippen LogP contribution < -0.4 is 0 Å². The molecule has 0 spiro atoms. The smallest absolute Gasteiger partial charge is 0.335 e. The summed E-state index contributed by atoms with van der Waals surface area (Å²) < 4.78 is 0.951. The molecule has 0 aliphatic rings. The summed E-state index contributed by atoms with van der Waals surface area (Å²) in [6.45, 7) is 6.49. The largest absolute Gasteiger partial charge is 0.478 e. The SMILES string of the molecule is CC(C)C(C)c1nc2ccc(C(=O)O)cc2s1. The highest BCUT2D eigenvalue weighted by molar-refractivity contribution is 7.18. The van der Waals surface area contributed by atoms with Gasteiger partial charge in [0.05, 0.1) is 20.8 Å². The van der Waals surface area contributed by atoms with Crippen molar-refractivity contribution in [2.75, 3.05) is 0 Å². The highest BCUT2D eigenvalue weighted by Crippen LogP contribution is 2.31. The number of carboxylic acid groups (broad SMARTS) is 1. The van der Waals surface area contributed by atoms with Gasteiger partial charge >= 0.3 is 5.97 Å². The fraction of sp³-hybridized carbons (Fsp3) is 0.385. The molecule has 1 aromatic heterocycles. The van der Waals surface area contributed by atoms with Crippen LogP contribution in [-0.2, 0) is 0 Å². The average Bonchev–Trinajstić information content (AvgIpc) is 2.69. The second-order valence-corrected chi connectivity index (χ2v) is 5.63. The Morgan fingerprint density at radius 1 is 1.35 bits per heavy atom. The first-order chi connectivity index (χ1) is 7.99. The third-order valence-corrected chi connectivity index (χ3v) is 4.26. The minimum Gasteiger partial charge on any atom is -0.478 e. The normalized spacial score (nSPS) is 13.2. The molecule has 3 nitrogen and oxygen atoms in total. The first-order valence-corrected chi connectivity index (χ1v) is 6.44. The van der Waals surface area contributed by atoms with E-state index in [2.05, 4.69) is 25.8 Å². The van der Waals surface area contributed by atoms with E-state index in [1.165, 1.54) is 0 Å². The summed E-state index contributed by atoms with van der Waals surface area (Å²) in [6, 6.07) is 5.09. The van der Waals surface area contributed by atoms with E-state index >= 15 is 0 Å². The standard InChI is InChI=1S/C13H15NO2S/c1-7(2)8(3)12-14-10-5-4-9(13(15)16)6-11(10)17-12/h4-8H,1-3H3,(H,15,16). The number of carbonyl (C=O) groups is 1. The van der Waals surface area contributed by atoms with Crippen molar-refractivity contribution in [3.63, 3.8) is 0 Å². The van der Waals surface area contributed by atoms with Crippen molar-refractivity contribution in [1.29, 1.82) is 0 Å². The molecule has 0 aliphatic carbocycles. The second kappa shape index (κ2) is 4.45. The maximum absolute atomic E-state index is 10.9. The molecule has 0 radical (unpaired) electrons. The molecule has 17 heavy (non-hydrogen) atoms. The Morgan fingerprint density at radius 2 is 2.06 bits per heavy atom. The zero-order valence-electron chi connectivity index (χ0n) is 10.1. The van der Waals surface area contributed by atoms with Crippen LogP contribution in [0.4, 0.5) is 0 Å². The van der Waals surface area contributed by atoms with Gasteiger partial charge < -0.3 is 5.11 Å². The molecule has 0 aliphatic heterocycles. The molecule has 2 aromatic rings. The summed E-state index contributed by atoms with van der Waals surface area (Å²) in [7, 11) is 0. The van der Waals surface area contributed by atoms with Gasteiger partial charge in [0.2, 0.25) is 0 Å². The summed E-state index contributed by atoms with van der Waals surface area (Å²) in [5, 5.41) is 10.0. The zero-order valence-corrected chi connectivity index (χ0v) is 10.9. The molecule has 0 saturated carbocycles. The molecule has 0 bridgehead atoms. The second-order valence-electron chi connectivity index (χ2n) is 4.57. The van der Waals surface area contributed by atoms with E-state index in [-0.39, 0.29) is 0 Å². The Balaban J connectivity index is 2.47. The predicted octanol–water partition coefficient (Wildman–Crippen LogP) is 3.75. The molecule has 1 unspecified atom stereocenters. The maximum atomic E-state index is 10.9. The number of benzene rings is 1. The lowest BCUT2D eigenvalue weighted by atomic mass is 9.99. The van der Waals surface area contributed by atoms with E-state index in [0.29, 0.717) is 17.4 Å². The van der Waals surface area contributed by atoms with Crippen molar-refractivity contribution in [2.45, 2.75) is 26.7 Å². The fourth-order valence-corrected chi connectivity index (χ4v) is 2.79. The van der Waals surface area contributed by atoms with Gasteiger partial charge in [0.25, 0.3) is 0 Å². The van der Waals surface area contributed by atoms with Crippen molar-refractivity contribution >= 4 is 27.5 Å². The molecular weight excluding hydrogens is 234 g/mol. The number of hydrogen-bond acceptors (Lipinski definition) is 3. The van der Waals surface area contributed by atoms with Crippen LogP contribution in [0.5, 0.6) is 0 Å². The number of carboxylic acids is 1. The Bertz CT molecular complexity index is 560. The van der Waals surface area contributed by atoms with Gasteiger partial charge in [-0.2, -0.15) is 0 Å². The number of nitrogens with zero attached hydrogens (tertiary/aromatic N) is 1. The van der Waals surface area contributed by atoms with E-state index in [1.54, 1.807) is 29.5 Å². The molecule has 0 amide bonds. The summed E-state index contributed by atoms with van der Waals surface area (Å²) in [5.41, 5.74) is 1.22. The van der Waals surface area contributed by atoms with E-state index < -0.39 is 5.97 Å². The van der Waals surface area contributed by atoms with Crippen LogP contribution in [0.2, 0.25) is 0 Å². The van der Waals surface area contributed by atoms with Crippen molar-refractivity contribution in [2.24, 2.45) is 5.92 Å². The quantitative estimate of drug-likeness (QED) is 0.901. The summed E-state index contributed by atoms with van der Waals surface area (Å²) in [4.78, 5) is 15.4. The van der Waals surface area contributed by atoms with Gasteiger partial charge in [0.1, 0.15) is 0 Å². The van der Waals surface area contributed by atoms with Crippen molar-refractivity contribution in [1.82, 2.24) is 4.98 Å². The number of thiazole rings is 1. The lowest BCUT2D eigenvalue weighted by molar-refractivity contribution is 0.0697. The molecule has 1 aromatic carbocycles. The van der Waals surface area contributed by atoms with E-state index in [4.69, 9.17) is 5.11 Å². The first kappa shape index (κ1) is 12.0. The lowest BCUT2D eigenvalue weighted by Crippen LogP contribution is -2.00. The van der Waals surface area contributed by atoms with Crippen LogP contribution >= 0.6 is 11.3 Å². The topological polar surface area (TPSA) is 50.2 Å². The summed E-state index contributed by atoms with van der Waals surface area (Å²) in [6.07, 6.45) is 0. The number of hydrogen-bond donors (Lipinski definition) is 1. The van der Waals surface area contributed by atoms with Gasteiger partial charge in [-0.25, -0.2) is 9.78 Å². The zero-order chi connectivity index (χ0) is 12.6. The first-order valence-electron chi connectivity index (χ1n) is 5.63. The van der Waals surface area contributed by atoms with Crippen LogP contribution in [0.1, 0.15) is 42.1 Å². The van der Waals surface area contributed by atoms with Crippen molar-refractivity contribution < 1.29 is 9.90 Å². The summed E-state index contributed by atoms with van der Waals surface area (Å²) in [5.74, 6) is 0.0499. The monoisotopic (exact) mass is 249 g/mol. The van der Waals surface area contributed by atoms with Gasteiger partial charge in [-0.05, 0) is 24.1 Å². The Labute approximate surface area is 104 Å². The predicted molar refractivity (Wildman–Crippen MR) is 69.8 cm³/mol. The number of aromatic carboxylic acids is 1. The van der Waals surface area contributed by atoms with Gasteiger partial charge in [0.15, 0.2) is 0 Å². The molecule has 0 fully saturated rings. The number of rotatable bonds is 3. The highest BCUT2D eigenvalue weighted by atomic mass is 32.1. The van der Waals surface area contributed by atoms with Crippen LogP contribution in [0.25, 0.3) is 10.2 Å². The van der Waals surface area contributed by atoms with Crippen LogP contribution in [0.3, 0.4) is 0 Å². The van der Waals surface area contributed by atoms with Crippen LogP contribution in [0, 0.1) is 5.92 Å².